The fourth-order valence-corrected chi connectivity index (χ4v) is 3.03. The smallest absolute Gasteiger partial charge is 0.0889 e. The summed E-state index contributed by atoms with van der Waals surface area (Å²) in [5.74, 6) is -0.419. The van der Waals surface area contributed by atoms with Crippen molar-refractivity contribution in [2.75, 3.05) is 0 Å². The molecule has 0 saturated heterocycles. The maximum atomic E-state index is 10.4. The van der Waals surface area contributed by atoms with Crippen LogP contribution in [0.3, 0.4) is 0 Å². The Morgan fingerprint density at radius 1 is 1.64 bits per heavy atom. The standard InChI is InChI=1S/C10H14O/c11-10-5-1-2-9(10)7-3-4-8(10)6-7/h1,5,7-9,11H,2-4,6H2/t7-,8+,9-,10-/m0/s1/i2D,9D/t2-,7+,8-,9+,10+/m1. The Bertz CT molecular complexity index is 291. The molecular weight excluding hydrogens is 136 g/mol. The molecule has 1 nitrogen and oxygen atoms in total. The highest BCUT2D eigenvalue weighted by Crippen LogP contribution is 2.58. The van der Waals surface area contributed by atoms with Gasteiger partial charge >= 0.3 is 0 Å². The minimum Gasteiger partial charge on any atom is -0.385 e. The molecule has 3 aliphatic carbocycles. The number of fused-ring (bicyclic) bond motifs is 5. The first kappa shape index (κ1) is 4.66. The summed E-state index contributed by atoms with van der Waals surface area (Å²) in [6.07, 6.45) is 5.94. The third-order valence-corrected chi connectivity index (χ3v) is 3.58. The largest absolute Gasteiger partial charge is 0.385 e. The molecule has 11 heavy (non-hydrogen) atoms. The van der Waals surface area contributed by atoms with Gasteiger partial charge in [-0.3, -0.25) is 0 Å². The fourth-order valence-electron chi connectivity index (χ4n) is 3.03. The summed E-state index contributed by atoms with van der Waals surface area (Å²) in [5, 5.41) is 10.4. The van der Waals surface area contributed by atoms with Crippen LogP contribution in [0.15, 0.2) is 12.2 Å². The van der Waals surface area contributed by atoms with Gasteiger partial charge in [0.15, 0.2) is 0 Å². The Morgan fingerprint density at radius 3 is 3.36 bits per heavy atom. The van der Waals surface area contributed by atoms with Crippen molar-refractivity contribution in [1.29, 1.82) is 0 Å². The van der Waals surface area contributed by atoms with E-state index in [-0.39, 0.29) is 11.8 Å². The monoisotopic (exact) mass is 152 g/mol. The first-order valence-electron chi connectivity index (χ1n) is 5.51. The topological polar surface area (TPSA) is 20.2 Å². The summed E-state index contributed by atoms with van der Waals surface area (Å²) in [6.45, 7) is 0. The van der Waals surface area contributed by atoms with Crippen LogP contribution in [0.1, 0.15) is 28.4 Å². The highest BCUT2D eigenvalue weighted by atomic mass is 16.3. The molecule has 0 aromatic heterocycles. The van der Waals surface area contributed by atoms with Crippen LogP contribution in [0.4, 0.5) is 0 Å². The predicted molar refractivity (Wildman–Crippen MR) is 43.0 cm³/mol. The lowest BCUT2D eigenvalue weighted by Gasteiger charge is -2.33. The Hall–Kier alpha value is -0.300. The number of rotatable bonds is 0. The van der Waals surface area contributed by atoms with Crippen LogP contribution in [-0.2, 0) is 0 Å². The molecule has 1 heteroatoms. The molecule has 0 spiro atoms. The average Bonchev–Trinajstić information content (AvgIpc) is 2.70. The van der Waals surface area contributed by atoms with Crippen LogP contribution in [0.5, 0.6) is 0 Å². The summed E-state index contributed by atoms with van der Waals surface area (Å²) >= 11 is 0. The van der Waals surface area contributed by atoms with Crippen LogP contribution < -0.4 is 0 Å². The fraction of sp³-hybridized carbons (Fsp3) is 0.800. The second-order valence-corrected chi connectivity index (χ2v) is 4.01. The zero-order valence-corrected chi connectivity index (χ0v) is 6.46. The van der Waals surface area contributed by atoms with Gasteiger partial charge in [-0.05, 0) is 43.4 Å². The van der Waals surface area contributed by atoms with Crippen molar-refractivity contribution in [3.05, 3.63) is 12.2 Å². The highest BCUT2D eigenvalue weighted by molar-refractivity contribution is 5.22. The normalized spacial score (nSPS) is 74.8. The minimum atomic E-state index is -0.970. The molecule has 2 saturated carbocycles. The number of allylic oxidation sites excluding steroid dienone is 1. The van der Waals surface area contributed by atoms with Crippen molar-refractivity contribution in [3.8, 4) is 0 Å². The van der Waals surface area contributed by atoms with E-state index in [9.17, 15) is 5.11 Å². The Kier molecular flexibility index (Phi) is 0.726. The highest BCUT2D eigenvalue weighted by Gasteiger charge is 2.56. The molecule has 0 unspecified atom stereocenters. The first-order chi connectivity index (χ1) is 6.09. The second-order valence-electron chi connectivity index (χ2n) is 4.01. The van der Waals surface area contributed by atoms with Crippen LogP contribution in [0.2, 0.25) is 0 Å². The van der Waals surface area contributed by atoms with Gasteiger partial charge in [0.2, 0.25) is 0 Å². The van der Waals surface area contributed by atoms with Gasteiger partial charge in [-0.2, -0.15) is 0 Å². The first-order valence-corrected chi connectivity index (χ1v) is 4.43. The maximum Gasteiger partial charge on any atom is 0.0889 e. The lowest BCUT2D eigenvalue weighted by Crippen LogP contribution is -2.38. The molecule has 0 aliphatic heterocycles. The molecule has 0 heterocycles. The number of hydrogen-bond acceptors (Lipinski definition) is 1. The molecule has 5 atom stereocenters. The molecule has 0 aromatic rings. The van der Waals surface area contributed by atoms with Crippen molar-refractivity contribution >= 4 is 0 Å². The molecule has 2 fully saturated rings. The summed E-state index contributed by atoms with van der Waals surface area (Å²) in [5.41, 5.74) is -0.970. The van der Waals surface area contributed by atoms with Crippen molar-refractivity contribution in [1.82, 2.24) is 0 Å². The lowest BCUT2D eigenvalue weighted by atomic mass is 9.78. The van der Waals surface area contributed by atoms with Crippen LogP contribution in [0.25, 0.3) is 0 Å². The summed E-state index contributed by atoms with van der Waals surface area (Å²) in [7, 11) is 0. The minimum absolute atomic E-state index is 0.250. The van der Waals surface area contributed by atoms with Crippen LogP contribution >= 0.6 is 0 Å². The van der Waals surface area contributed by atoms with E-state index >= 15 is 0 Å². The van der Waals surface area contributed by atoms with Crippen molar-refractivity contribution in [2.45, 2.75) is 31.3 Å². The lowest BCUT2D eigenvalue weighted by molar-refractivity contribution is -0.00564. The average molecular weight is 152 g/mol. The molecule has 1 N–H and O–H groups in total. The zero-order valence-electron chi connectivity index (χ0n) is 8.46. The Labute approximate surface area is 69.9 Å². The second kappa shape index (κ2) is 1.71. The molecule has 3 aliphatic rings. The number of hydrogen-bond donors (Lipinski definition) is 1. The van der Waals surface area contributed by atoms with Gasteiger partial charge < -0.3 is 5.11 Å². The van der Waals surface area contributed by atoms with Gasteiger partial charge in [-0.1, -0.05) is 12.2 Å². The van der Waals surface area contributed by atoms with E-state index in [1.54, 1.807) is 12.2 Å². The Morgan fingerprint density at radius 2 is 2.55 bits per heavy atom. The van der Waals surface area contributed by atoms with E-state index in [2.05, 4.69) is 0 Å². The van der Waals surface area contributed by atoms with Gasteiger partial charge in [0.1, 0.15) is 0 Å². The van der Waals surface area contributed by atoms with Gasteiger partial charge in [-0.15, -0.1) is 0 Å². The van der Waals surface area contributed by atoms with Crippen molar-refractivity contribution < 1.29 is 7.85 Å². The van der Waals surface area contributed by atoms with E-state index in [1.807, 2.05) is 0 Å². The van der Waals surface area contributed by atoms with Gasteiger partial charge in [0.05, 0.1) is 5.60 Å². The van der Waals surface area contributed by atoms with E-state index in [4.69, 9.17) is 2.74 Å². The van der Waals surface area contributed by atoms with E-state index in [1.165, 1.54) is 0 Å². The van der Waals surface area contributed by atoms with Gasteiger partial charge in [-0.25, -0.2) is 0 Å². The van der Waals surface area contributed by atoms with Crippen LogP contribution in [-0.4, -0.2) is 10.7 Å². The van der Waals surface area contributed by atoms with Crippen molar-refractivity contribution in [2.24, 2.45) is 17.7 Å². The molecule has 0 amide bonds. The third kappa shape index (κ3) is 0.572. The van der Waals surface area contributed by atoms with Gasteiger partial charge in [0, 0.05) is 2.74 Å². The molecule has 2 bridgehead atoms. The predicted octanol–water partition coefficient (Wildman–Crippen LogP) is 1.72. The molecule has 60 valence electrons. The SMILES string of the molecule is [2H][C@@H]1C=C[C@]2(O)[C@@H]3CC[C@@H](C3)[C@]12[2H]. The summed E-state index contributed by atoms with van der Waals surface area (Å²) in [4.78, 5) is 0. The molecule has 0 radical (unpaired) electrons. The quantitative estimate of drug-likeness (QED) is 0.524. The summed E-state index contributed by atoms with van der Waals surface area (Å²) in [6, 6.07) is 0. The van der Waals surface area contributed by atoms with Gasteiger partial charge in [0.25, 0.3) is 0 Å². The maximum absolute atomic E-state index is 10.4. The summed E-state index contributed by atoms with van der Waals surface area (Å²) < 4.78 is 16.1. The third-order valence-electron chi connectivity index (χ3n) is 3.58. The van der Waals surface area contributed by atoms with E-state index in [0.29, 0.717) is 0 Å². The zero-order chi connectivity index (χ0) is 9.27. The molecule has 3 rings (SSSR count). The molecular formula is C10H14O. The van der Waals surface area contributed by atoms with E-state index in [0.717, 1.165) is 19.3 Å². The van der Waals surface area contributed by atoms with E-state index < -0.39 is 17.9 Å². The number of aliphatic hydroxyl groups is 1. The van der Waals surface area contributed by atoms with Crippen molar-refractivity contribution in [3.63, 3.8) is 0 Å². The molecule has 0 aromatic carbocycles. The Balaban J connectivity index is 2.13. The van der Waals surface area contributed by atoms with Crippen LogP contribution in [0, 0.1) is 17.7 Å².